The van der Waals surface area contributed by atoms with E-state index in [2.05, 4.69) is 6.92 Å². The van der Waals surface area contributed by atoms with Crippen molar-refractivity contribution < 1.29 is 14.6 Å². The van der Waals surface area contributed by atoms with Crippen LogP contribution in [0.25, 0.3) is 0 Å². The van der Waals surface area contributed by atoms with Gasteiger partial charge in [0.1, 0.15) is 6.10 Å². The lowest BCUT2D eigenvalue weighted by molar-refractivity contribution is -0.296. The van der Waals surface area contributed by atoms with E-state index in [1.54, 1.807) is 0 Å². The first kappa shape index (κ1) is 13.1. The molecule has 3 nitrogen and oxygen atoms in total. The summed E-state index contributed by atoms with van der Waals surface area (Å²) in [7, 11) is 0. The van der Waals surface area contributed by atoms with Crippen molar-refractivity contribution >= 4 is 5.78 Å². The fourth-order valence-electron chi connectivity index (χ4n) is 1.74. The predicted molar refractivity (Wildman–Crippen MR) is 62.8 cm³/mol. The molecule has 3 heteroatoms. The van der Waals surface area contributed by atoms with Gasteiger partial charge < -0.3 is 0 Å². The Balaban J connectivity index is 2.46. The van der Waals surface area contributed by atoms with Gasteiger partial charge >= 0.3 is 0 Å². The summed E-state index contributed by atoms with van der Waals surface area (Å²) in [4.78, 5) is 22.1. The molecule has 1 aliphatic heterocycles. The molecule has 1 heterocycles. The molecule has 0 aromatic rings. The number of carbonyl (C=O) groups is 1. The molecule has 0 aliphatic carbocycles. The van der Waals surface area contributed by atoms with Crippen molar-refractivity contribution in [3.05, 3.63) is 23.8 Å². The average Bonchev–Trinajstić information content (AvgIpc) is 2.73. The minimum absolute atomic E-state index is 0.0855. The van der Waals surface area contributed by atoms with Gasteiger partial charge in [-0.2, -0.15) is 0 Å². The van der Waals surface area contributed by atoms with Crippen LogP contribution in [0.3, 0.4) is 0 Å². The zero-order chi connectivity index (χ0) is 12.0. The summed E-state index contributed by atoms with van der Waals surface area (Å²) in [6, 6.07) is 0. The highest BCUT2D eigenvalue weighted by molar-refractivity contribution is 5.98. The molecular formula is C13H20O3. The van der Waals surface area contributed by atoms with Gasteiger partial charge in [-0.3, -0.25) is 4.79 Å². The first-order valence-corrected chi connectivity index (χ1v) is 5.85. The Kier molecular flexibility index (Phi) is 5.43. The monoisotopic (exact) mass is 224 g/mol. The fourth-order valence-corrected chi connectivity index (χ4v) is 1.74. The summed E-state index contributed by atoms with van der Waals surface area (Å²) in [5.41, 5.74) is 0.742. The number of carbonyl (C=O) groups excluding carboxylic acids is 1. The van der Waals surface area contributed by atoms with E-state index >= 15 is 0 Å². The number of rotatable bonds is 5. The van der Waals surface area contributed by atoms with Crippen LogP contribution >= 0.6 is 0 Å². The third-order valence-corrected chi connectivity index (χ3v) is 2.70. The van der Waals surface area contributed by atoms with Gasteiger partial charge in [-0.25, -0.2) is 9.78 Å². The molecule has 0 bridgehead atoms. The minimum Gasteiger partial charge on any atom is -0.294 e. The maximum absolute atomic E-state index is 11.9. The molecule has 1 saturated heterocycles. The standard InChI is InChI=1S/C13H20O3/c1-4-7-10(5-2)13(14)9-12-8-11(6-3)15-16-12/h4-5,7,11-12H,6,8-9H2,1-3H3/b7-4-,10-5+. The summed E-state index contributed by atoms with van der Waals surface area (Å²) < 4.78 is 0. The molecule has 2 atom stereocenters. The van der Waals surface area contributed by atoms with Crippen molar-refractivity contribution in [1.29, 1.82) is 0 Å². The maximum atomic E-state index is 11.9. The first-order valence-electron chi connectivity index (χ1n) is 5.85. The SMILES string of the molecule is C/C=C\C(=C/C)C(=O)CC1CC(CC)OO1. The van der Waals surface area contributed by atoms with E-state index in [9.17, 15) is 4.79 Å². The van der Waals surface area contributed by atoms with Gasteiger partial charge in [0.2, 0.25) is 0 Å². The van der Waals surface area contributed by atoms with Crippen LogP contribution in [-0.2, 0) is 14.6 Å². The maximum Gasteiger partial charge on any atom is 0.165 e. The van der Waals surface area contributed by atoms with Gasteiger partial charge in [0, 0.05) is 18.4 Å². The van der Waals surface area contributed by atoms with Gasteiger partial charge in [-0.05, 0) is 20.3 Å². The lowest BCUT2D eigenvalue weighted by Crippen LogP contribution is -2.14. The molecule has 1 aliphatic rings. The van der Waals surface area contributed by atoms with E-state index in [4.69, 9.17) is 9.78 Å². The van der Waals surface area contributed by atoms with Crippen molar-refractivity contribution in [2.45, 2.75) is 52.2 Å². The summed E-state index contributed by atoms with van der Waals surface area (Å²) in [5.74, 6) is 0.117. The number of hydrogen-bond donors (Lipinski definition) is 0. The lowest BCUT2D eigenvalue weighted by atomic mass is 10.0. The zero-order valence-electron chi connectivity index (χ0n) is 10.2. The van der Waals surface area contributed by atoms with Crippen LogP contribution in [0, 0.1) is 0 Å². The Bertz CT molecular complexity index is 292. The van der Waals surface area contributed by atoms with Gasteiger partial charge in [-0.1, -0.05) is 25.2 Å². The zero-order valence-corrected chi connectivity index (χ0v) is 10.2. The van der Waals surface area contributed by atoms with Crippen LogP contribution < -0.4 is 0 Å². The van der Waals surface area contributed by atoms with Crippen molar-refractivity contribution in [2.24, 2.45) is 0 Å². The Morgan fingerprint density at radius 3 is 2.50 bits per heavy atom. The highest BCUT2D eigenvalue weighted by atomic mass is 17.2. The average molecular weight is 224 g/mol. The van der Waals surface area contributed by atoms with E-state index in [0.29, 0.717) is 6.42 Å². The van der Waals surface area contributed by atoms with Gasteiger partial charge in [0.15, 0.2) is 5.78 Å². The van der Waals surface area contributed by atoms with E-state index in [1.165, 1.54) is 0 Å². The Morgan fingerprint density at radius 1 is 1.31 bits per heavy atom. The number of allylic oxidation sites excluding steroid dienone is 4. The Hall–Kier alpha value is -0.930. The molecule has 0 spiro atoms. The summed E-state index contributed by atoms with van der Waals surface area (Å²) in [6.07, 6.45) is 7.73. The topological polar surface area (TPSA) is 35.5 Å². The molecule has 0 radical (unpaired) electrons. The van der Waals surface area contributed by atoms with E-state index < -0.39 is 0 Å². The quantitative estimate of drug-likeness (QED) is 0.409. The van der Waals surface area contributed by atoms with Gasteiger partial charge in [0.25, 0.3) is 0 Å². The van der Waals surface area contributed by atoms with Crippen molar-refractivity contribution in [2.75, 3.05) is 0 Å². The molecule has 1 rings (SSSR count). The fraction of sp³-hybridized carbons (Fsp3) is 0.615. The highest BCUT2D eigenvalue weighted by Crippen LogP contribution is 2.23. The predicted octanol–water partition coefficient (Wildman–Crippen LogP) is 2.97. The van der Waals surface area contributed by atoms with Crippen LogP contribution in [0.4, 0.5) is 0 Å². The third-order valence-electron chi connectivity index (χ3n) is 2.70. The molecule has 90 valence electrons. The van der Waals surface area contributed by atoms with Gasteiger partial charge in [0.05, 0.1) is 6.10 Å². The van der Waals surface area contributed by atoms with Crippen molar-refractivity contribution in [3.8, 4) is 0 Å². The second kappa shape index (κ2) is 6.61. The Morgan fingerprint density at radius 2 is 2.00 bits per heavy atom. The highest BCUT2D eigenvalue weighted by Gasteiger charge is 2.28. The van der Waals surface area contributed by atoms with Crippen molar-refractivity contribution in [1.82, 2.24) is 0 Å². The number of hydrogen-bond acceptors (Lipinski definition) is 3. The molecule has 0 amide bonds. The van der Waals surface area contributed by atoms with Gasteiger partial charge in [-0.15, -0.1) is 0 Å². The smallest absolute Gasteiger partial charge is 0.165 e. The molecule has 0 aromatic carbocycles. The number of Topliss-reactive ketones (excluding diaryl/α,β-unsaturated/α-hetero) is 1. The molecule has 0 N–H and O–H groups in total. The first-order chi connectivity index (χ1) is 7.71. The summed E-state index contributed by atoms with van der Waals surface area (Å²) >= 11 is 0. The summed E-state index contributed by atoms with van der Waals surface area (Å²) in [6.45, 7) is 5.82. The van der Waals surface area contributed by atoms with Crippen LogP contribution in [0.15, 0.2) is 23.8 Å². The van der Waals surface area contributed by atoms with E-state index in [-0.39, 0.29) is 18.0 Å². The molecule has 16 heavy (non-hydrogen) atoms. The largest absolute Gasteiger partial charge is 0.294 e. The number of ketones is 1. The molecule has 2 unspecified atom stereocenters. The third kappa shape index (κ3) is 3.58. The van der Waals surface area contributed by atoms with Crippen LogP contribution in [0.1, 0.15) is 40.0 Å². The normalized spacial score (nSPS) is 26.6. The van der Waals surface area contributed by atoms with Crippen LogP contribution in [0.5, 0.6) is 0 Å². The summed E-state index contributed by atoms with van der Waals surface area (Å²) in [5, 5.41) is 0. The minimum atomic E-state index is -0.0855. The van der Waals surface area contributed by atoms with Crippen molar-refractivity contribution in [3.63, 3.8) is 0 Å². The second-order valence-electron chi connectivity index (χ2n) is 3.95. The van der Waals surface area contributed by atoms with Crippen LogP contribution in [-0.4, -0.2) is 18.0 Å². The van der Waals surface area contributed by atoms with E-state index in [1.807, 2.05) is 32.1 Å². The molecule has 0 saturated carbocycles. The second-order valence-corrected chi connectivity index (χ2v) is 3.95. The molecule has 1 fully saturated rings. The Labute approximate surface area is 97.1 Å². The van der Waals surface area contributed by atoms with Crippen LogP contribution in [0.2, 0.25) is 0 Å². The lowest BCUT2D eigenvalue weighted by Gasteiger charge is -2.05. The van der Waals surface area contributed by atoms with E-state index in [0.717, 1.165) is 18.4 Å². The molecular weight excluding hydrogens is 204 g/mol. The molecule has 0 aromatic heterocycles.